The quantitative estimate of drug-likeness (QED) is 0.804. The van der Waals surface area contributed by atoms with Crippen molar-refractivity contribution in [2.75, 3.05) is 0 Å². The van der Waals surface area contributed by atoms with Crippen molar-refractivity contribution in [2.24, 2.45) is 0 Å². The minimum Gasteiger partial charge on any atom is -0.441 e. The maximum absolute atomic E-state index is 12.1. The number of rotatable bonds is 3. The van der Waals surface area contributed by atoms with E-state index in [-0.39, 0.29) is 20.8 Å². The van der Waals surface area contributed by atoms with E-state index < -0.39 is 9.84 Å². The fourth-order valence-electron chi connectivity index (χ4n) is 1.31. The van der Waals surface area contributed by atoms with Crippen molar-refractivity contribution in [3.63, 3.8) is 0 Å². The maximum Gasteiger partial charge on any atom is 0.241 e. The molecule has 1 heterocycles. The van der Waals surface area contributed by atoms with Crippen molar-refractivity contribution in [3.05, 3.63) is 47.2 Å². The molecule has 0 aliphatic heterocycles. The zero-order valence-corrected chi connectivity index (χ0v) is 10.0. The van der Waals surface area contributed by atoms with Crippen LogP contribution in [0.15, 0.2) is 50.8 Å². The number of benzene rings is 1. The highest BCUT2D eigenvalue weighted by Gasteiger charge is 2.23. The van der Waals surface area contributed by atoms with Gasteiger partial charge in [-0.2, -0.15) is 0 Å². The topological polar surface area (TPSA) is 64.3 Å². The summed E-state index contributed by atoms with van der Waals surface area (Å²) in [4.78, 5) is 10.4. The van der Waals surface area contributed by atoms with Crippen molar-refractivity contribution in [2.45, 2.75) is 9.99 Å². The largest absolute Gasteiger partial charge is 0.441 e. The fraction of sp³-hybridized carbons (Fsp3) is 0. The number of aldehydes is 1. The first kappa shape index (κ1) is 11.9. The minimum atomic E-state index is -3.82. The second kappa shape index (κ2) is 4.35. The molecule has 0 atom stereocenters. The van der Waals surface area contributed by atoms with Gasteiger partial charge in [0.2, 0.25) is 14.9 Å². The van der Waals surface area contributed by atoms with E-state index in [0.717, 1.165) is 0 Å². The molecule has 6 heteroatoms. The van der Waals surface area contributed by atoms with Crippen LogP contribution in [0.4, 0.5) is 0 Å². The van der Waals surface area contributed by atoms with E-state index in [0.29, 0.717) is 6.29 Å². The van der Waals surface area contributed by atoms with E-state index in [1.807, 2.05) is 0 Å². The molecule has 0 radical (unpaired) electrons. The van der Waals surface area contributed by atoms with Gasteiger partial charge in [0.05, 0.1) is 9.92 Å². The van der Waals surface area contributed by atoms with Gasteiger partial charge in [0.1, 0.15) is 0 Å². The highest BCUT2D eigenvalue weighted by atomic mass is 35.5. The lowest BCUT2D eigenvalue weighted by atomic mass is 10.4. The summed E-state index contributed by atoms with van der Waals surface area (Å²) >= 11 is 5.81. The van der Waals surface area contributed by atoms with Crippen LogP contribution in [0.1, 0.15) is 10.6 Å². The van der Waals surface area contributed by atoms with Crippen LogP contribution < -0.4 is 0 Å². The van der Waals surface area contributed by atoms with E-state index in [9.17, 15) is 13.2 Å². The van der Waals surface area contributed by atoms with Gasteiger partial charge in [-0.05, 0) is 24.3 Å². The zero-order valence-electron chi connectivity index (χ0n) is 8.46. The van der Waals surface area contributed by atoms with E-state index in [1.165, 1.54) is 24.3 Å². The molecule has 0 spiro atoms. The molecule has 0 amide bonds. The average Bonchev–Trinajstić information content (AvgIpc) is 2.78. The average molecular weight is 271 g/mol. The Hall–Kier alpha value is -1.59. The van der Waals surface area contributed by atoms with Gasteiger partial charge in [-0.15, -0.1) is 0 Å². The Bertz CT molecular complexity index is 658. The zero-order chi connectivity index (χ0) is 12.5. The molecule has 1 aromatic carbocycles. The number of sulfone groups is 1. The van der Waals surface area contributed by atoms with Gasteiger partial charge in [0.25, 0.3) is 0 Å². The minimum absolute atomic E-state index is 0.0457. The highest BCUT2D eigenvalue weighted by molar-refractivity contribution is 7.91. The third-order valence-corrected chi connectivity index (χ3v) is 4.24. The first-order chi connectivity index (χ1) is 8.05. The molecule has 2 aromatic rings. The lowest BCUT2D eigenvalue weighted by molar-refractivity contribution is 0.109. The first-order valence-corrected chi connectivity index (χ1v) is 6.46. The van der Waals surface area contributed by atoms with Crippen LogP contribution >= 0.6 is 11.6 Å². The van der Waals surface area contributed by atoms with Crippen molar-refractivity contribution in [3.8, 4) is 0 Å². The Balaban J connectivity index is 2.58. The van der Waals surface area contributed by atoms with Gasteiger partial charge in [-0.3, -0.25) is 4.79 Å². The predicted octanol–water partition coefficient (Wildman–Crippen LogP) is 2.58. The summed E-state index contributed by atoms with van der Waals surface area (Å²) in [6.07, 6.45) is 0.436. The fourth-order valence-corrected chi connectivity index (χ4v) is 3.01. The van der Waals surface area contributed by atoms with Crippen LogP contribution in [0.5, 0.6) is 0 Å². The monoisotopic (exact) mass is 270 g/mol. The molecule has 0 saturated carbocycles. The maximum atomic E-state index is 12.1. The van der Waals surface area contributed by atoms with Gasteiger partial charge >= 0.3 is 0 Å². The Kier molecular flexibility index (Phi) is 3.04. The SMILES string of the molecule is O=Cc1ccc(S(=O)(=O)c2ccccc2Cl)o1. The number of carbonyl (C=O) groups is 1. The molecular weight excluding hydrogens is 264 g/mol. The van der Waals surface area contributed by atoms with Crippen LogP contribution in [0.25, 0.3) is 0 Å². The number of hydrogen-bond donors (Lipinski definition) is 0. The molecule has 0 aliphatic carbocycles. The van der Waals surface area contributed by atoms with Crippen molar-refractivity contribution >= 4 is 27.7 Å². The Morgan fingerprint density at radius 3 is 2.41 bits per heavy atom. The van der Waals surface area contributed by atoms with Crippen molar-refractivity contribution in [1.29, 1.82) is 0 Å². The van der Waals surface area contributed by atoms with E-state index in [1.54, 1.807) is 12.1 Å². The third kappa shape index (κ3) is 2.11. The Morgan fingerprint density at radius 1 is 1.12 bits per heavy atom. The van der Waals surface area contributed by atoms with Crippen LogP contribution in [0, 0.1) is 0 Å². The van der Waals surface area contributed by atoms with Crippen LogP contribution in [-0.2, 0) is 9.84 Å². The molecule has 88 valence electrons. The Morgan fingerprint density at radius 2 is 1.82 bits per heavy atom. The van der Waals surface area contributed by atoms with Crippen LogP contribution in [-0.4, -0.2) is 14.7 Å². The first-order valence-electron chi connectivity index (χ1n) is 4.60. The summed E-state index contributed by atoms with van der Waals surface area (Å²) < 4.78 is 29.1. The summed E-state index contributed by atoms with van der Waals surface area (Å²) in [7, 11) is -3.82. The number of halogens is 1. The molecule has 0 aliphatic rings. The van der Waals surface area contributed by atoms with Crippen molar-refractivity contribution in [1.82, 2.24) is 0 Å². The summed E-state index contributed by atoms with van der Waals surface area (Å²) in [5.74, 6) is -0.0457. The number of hydrogen-bond acceptors (Lipinski definition) is 4. The summed E-state index contributed by atoms with van der Waals surface area (Å²) in [6, 6.07) is 8.54. The number of carbonyl (C=O) groups excluding carboxylic acids is 1. The van der Waals surface area contributed by atoms with Gasteiger partial charge in [0.15, 0.2) is 12.0 Å². The molecule has 4 nitrogen and oxygen atoms in total. The molecular formula is C11H7ClO4S. The van der Waals surface area contributed by atoms with Gasteiger partial charge in [-0.25, -0.2) is 8.42 Å². The molecule has 17 heavy (non-hydrogen) atoms. The smallest absolute Gasteiger partial charge is 0.241 e. The standard InChI is InChI=1S/C11H7ClO4S/c12-9-3-1-2-4-10(9)17(14,15)11-6-5-8(7-13)16-11/h1-7H. The Labute approximate surface area is 103 Å². The van der Waals surface area contributed by atoms with E-state index in [4.69, 9.17) is 16.0 Å². The summed E-state index contributed by atoms with van der Waals surface area (Å²) in [5.41, 5.74) is 0. The molecule has 1 aromatic heterocycles. The second-order valence-electron chi connectivity index (χ2n) is 3.21. The normalized spacial score (nSPS) is 11.4. The molecule has 0 N–H and O–H groups in total. The van der Waals surface area contributed by atoms with Crippen LogP contribution in [0.2, 0.25) is 5.02 Å². The lowest BCUT2D eigenvalue weighted by Crippen LogP contribution is -2.01. The molecule has 0 saturated heterocycles. The van der Waals surface area contributed by atoms with Gasteiger partial charge in [0, 0.05) is 0 Å². The lowest BCUT2D eigenvalue weighted by Gasteiger charge is -2.02. The highest BCUT2D eigenvalue weighted by Crippen LogP contribution is 2.27. The number of furan rings is 1. The molecule has 0 unspecified atom stereocenters. The molecule has 0 bridgehead atoms. The molecule has 0 fully saturated rings. The summed E-state index contributed by atoms with van der Waals surface area (Å²) in [5, 5.41) is -0.191. The van der Waals surface area contributed by atoms with Crippen LogP contribution in [0.3, 0.4) is 0 Å². The summed E-state index contributed by atoms with van der Waals surface area (Å²) in [6.45, 7) is 0. The van der Waals surface area contributed by atoms with Gasteiger partial charge in [-0.1, -0.05) is 23.7 Å². The molecule has 2 rings (SSSR count). The third-order valence-electron chi connectivity index (χ3n) is 2.11. The second-order valence-corrected chi connectivity index (χ2v) is 5.46. The van der Waals surface area contributed by atoms with E-state index in [2.05, 4.69) is 0 Å². The van der Waals surface area contributed by atoms with Gasteiger partial charge < -0.3 is 4.42 Å². The van der Waals surface area contributed by atoms with E-state index >= 15 is 0 Å². The predicted molar refractivity (Wildman–Crippen MR) is 61.0 cm³/mol. The van der Waals surface area contributed by atoms with Crippen molar-refractivity contribution < 1.29 is 17.6 Å².